The van der Waals surface area contributed by atoms with Crippen LogP contribution in [0.4, 0.5) is 0 Å². The van der Waals surface area contributed by atoms with Crippen molar-refractivity contribution in [2.45, 2.75) is 46.6 Å². The monoisotopic (exact) mass is 245 g/mol. The van der Waals surface area contributed by atoms with Crippen molar-refractivity contribution in [2.24, 2.45) is 5.92 Å². The first-order valence-corrected chi connectivity index (χ1v) is 6.56. The Morgan fingerprint density at radius 2 is 2.00 bits per heavy atom. The maximum Gasteiger partial charge on any atom is 0.332 e. The van der Waals surface area contributed by atoms with E-state index in [0.717, 1.165) is 12.5 Å². The Kier molecular flexibility index (Phi) is 10.2. The van der Waals surface area contributed by atoms with E-state index in [4.69, 9.17) is 9.47 Å². The van der Waals surface area contributed by atoms with Gasteiger partial charge in [-0.05, 0) is 26.2 Å². The van der Waals surface area contributed by atoms with Gasteiger partial charge < -0.3 is 14.8 Å². The molecule has 0 aliphatic rings. The van der Waals surface area contributed by atoms with Gasteiger partial charge in [0.15, 0.2) is 0 Å². The average Bonchev–Trinajstić information content (AvgIpc) is 2.28. The summed E-state index contributed by atoms with van der Waals surface area (Å²) in [6.45, 7) is 10.2. The molecule has 0 amide bonds. The summed E-state index contributed by atoms with van der Waals surface area (Å²) < 4.78 is 9.95. The van der Waals surface area contributed by atoms with Gasteiger partial charge in [-0.3, -0.25) is 0 Å². The van der Waals surface area contributed by atoms with E-state index >= 15 is 0 Å². The number of nitrogens with one attached hydrogen (secondary N) is 1. The zero-order chi connectivity index (χ0) is 13.1. The van der Waals surface area contributed by atoms with Crippen molar-refractivity contribution in [3.8, 4) is 0 Å². The third-order valence-corrected chi connectivity index (χ3v) is 2.72. The molecule has 0 spiro atoms. The summed E-state index contributed by atoms with van der Waals surface area (Å²) in [4.78, 5) is 11.0. The number of esters is 1. The van der Waals surface area contributed by atoms with Gasteiger partial charge in [0.05, 0.1) is 13.2 Å². The standard InChI is InChI=1S/C13H27NO3/c1-5-11(3)9-12(4)14-7-8-16-10-13(15)17-6-2/h11-12,14H,5-10H2,1-4H3. The minimum atomic E-state index is -0.292. The average molecular weight is 245 g/mol. The third-order valence-electron chi connectivity index (χ3n) is 2.72. The van der Waals surface area contributed by atoms with Crippen LogP contribution >= 0.6 is 0 Å². The summed E-state index contributed by atoms with van der Waals surface area (Å²) in [5.41, 5.74) is 0. The molecule has 4 nitrogen and oxygen atoms in total. The summed E-state index contributed by atoms with van der Waals surface area (Å²) in [6.07, 6.45) is 2.39. The van der Waals surface area contributed by atoms with Gasteiger partial charge in [0, 0.05) is 12.6 Å². The lowest BCUT2D eigenvalue weighted by molar-refractivity contribution is -0.148. The third kappa shape index (κ3) is 10.3. The molecule has 0 radical (unpaired) electrons. The highest BCUT2D eigenvalue weighted by atomic mass is 16.6. The van der Waals surface area contributed by atoms with E-state index in [1.54, 1.807) is 6.92 Å². The van der Waals surface area contributed by atoms with E-state index < -0.39 is 0 Å². The molecule has 0 aromatic rings. The van der Waals surface area contributed by atoms with Crippen LogP contribution in [0.25, 0.3) is 0 Å². The smallest absolute Gasteiger partial charge is 0.332 e. The maximum atomic E-state index is 11.0. The molecule has 2 atom stereocenters. The molecule has 0 saturated carbocycles. The Hall–Kier alpha value is -0.610. The zero-order valence-electron chi connectivity index (χ0n) is 11.6. The molecule has 0 aliphatic heterocycles. The summed E-state index contributed by atoms with van der Waals surface area (Å²) >= 11 is 0. The molecule has 4 heteroatoms. The fourth-order valence-electron chi connectivity index (χ4n) is 1.59. The number of hydrogen-bond donors (Lipinski definition) is 1. The van der Waals surface area contributed by atoms with Gasteiger partial charge in [0.25, 0.3) is 0 Å². The van der Waals surface area contributed by atoms with Crippen LogP contribution in [-0.4, -0.2) is 38.4 Å². The molecule has 0 bridgehead atoms. The molecule has 0 heterocycles. The van der Waals surface area contributed by atoms with E-state index in [0.29, 0.717) is 19.3 Å². The molecule has 0 rings (SSSR count). The zero-order valence-corrected chi connectivity index (χ0v) is 11.6. The lowest BCUT2D eigenvalue weighted by Crippen LogP contribution is -2.31. The van der Waals surface area contributed by atoms with Crippen molar-refractivity contribution >= 4 is 5.97 Å². The maximum absolute atomic E-state index is 11.0. The summed E-state index contributed by atoms with van der Waals surface area (Å²) in [5, 5.41) is 3.38. The van der Waals surface area contributed by atoms with Crippen molar-refractivity contribution in [3.63, 3.8) is 0 Å². The van der Waals surface area contributed by atoms with Gasteiger partial charge in [-0.15, -0.1) is 0 Å². The highest BCUT2D eigenvalue weighted by molar-refractivity contribution is 5.70. The van der Waals surface area contributed by atoms with E-state index in [1.807, 2.05) is 0 Å². The van der Waals surface area contributed by atoms with Crippen LogP contribution in [0.1, 0.15) is 40.5 Å². The SMILES string of the molecule is CCOC(=O)COCCNC(C)CC(C)CC. The number of hydrogen-bond acceptors (Lipinski definition) is 4. The van der Waals surface area contributed by atoms with Crippen LogP contribution in [0.5, 0.6) is 0 Å². The highest BCUT2D eigenvalue weighted by Crippen LogP contribution is 2.08. The first-order chi connectivity index (χ1) is 8.10. The van der Waals surface area contributed by atoms with E-state index in [1.165, 1.54) is 12.8 Å². The molecule has 2 unspecified atom stereocenters. The summed E-state index contributed by atoms with van der Waals surface area (Å²) in [6, 6.07) is 0.496. The fraction of sp³-hybridized carbons (Fsp3) is 0.923. The summed E-state index contributed by atoms with van der Waals surface area (Å²) in [7, 11) is 0. The van der Waals surface area contributed by atoms with Gasteiger partial charge in [-0.1, -0.05) is 20.3 Å². The molecule has 0 fully saturated rings. The first kappa shape index (κ1) is 16.4. The minimum Gasteiger partial charge on any atom is -0.464 e. The largest absolute Gasteiger partial charge is 0.464 e. The molecule has 1 N–H and O–H groups in total. The second-order valence-corrected chi connectivity index (χ2v) is 4.46. The first-order valence-electron chi connectivity index (χ1n) is 6.56. The molecule has 0 aromatic heterocycles. The topological polar surface area (TPSA) is 47.6 Å². The quantitative estimate of drug-likeness (QED) is 0.472. The fourth-order valence-corrected chi connectivity index (χ4v) is 1.59. The summed E-state index contributed by atoms with van der Waals surface area (Å²) in [5.74, 6) is 0.457. The van der Waals surface area contributed by atoms with Crippen molar-refractivity contribution in [3.05, 3.63) is 0 Å². The Bertz CT molecular complexity index is 197. The Balaban J connectivity index is 3.36. The second kappa shape index (κ2) is 10.5. The molecule has 17 heavy (non-hydrogen) atoms. The van der Waals surface area contributed by atoms with Gasteiger partial charge >= 0.3 is 5.97 Å². The molecule has 0 aromatic carbocycles. The van der Waals surface area contributed by atoms with E-state index in [9.17, 15) is 4.79 Å². The number of carbonyl (C=O) groups excluding carboxylic acids is 1. The lowest BCUT2D eigenvalue weighted by atomic mass is 10.0. The molecular formula is C13H27NO3. The number of rotatable bonds is 10. The van der Waals surface area contributed by atoms with Crippen molar-refractivity contribution in [2.75, 3.05) is 26.4 Å². The van der Waals surface area contributed by atoms with Gasteiger partial charge in [-0.2, -0.15) is 0 Å². The second-order valence-electron chi connectivity index (χ2n) is 4.46. The Labute approximate surface area is 105 Å². The van der Waals surface area contributed by atoms with Crippen molar-refractivity contribution in [1.29, 1.82) is 0 Å². The van der Waals surface area contributed by atoms with Gasteiger partial charge in [0.2, 0.25) is 0 Å². The predicted molar refractivity (Wildman–Crippen MR) is 69.0 cm³/mol. The number of ether oxygens (including phenoxy) is 2. The minimum absolute atomic E-state index is 0.0509. The van der Waals surface area contributed by atoms with Crippen LogP contribution in [0.3, 0.4) is 0 Å². The van der Waals surface area contributed by atoms with Crippen LogP contribution in [-0.2, 0) is 14.3 Å². The van der Waals surface area contributed by atoms with Gasteiger partial charge in [-0.25, -0.2) is 4.79 Å². The van der Waals surface area contributed by atoms with Gasteiger partial charge in [0.1, 0.15) is 6.61 Å². The molecule has 102 valence electrons. The van der Waals surface area contributed by atoms with Crippen LogP contribution in [0.15, 0.2) is 0 Å². The lowest BCUT2D eigenvalue weighted by Gasteiger charge is -2.17. The van der Waals surface area contributed by atoms with Crippen LogP contribution in [0, 0.1) is 5.92 Å². The normalized spacial score (nSPS) is 14.4. The van der Waals surface area contributed by atoms with E-state index in [2.05, 4.69) is 26.1 Å². The van der Waals surface area contributed by atoms with E-state index in [-0.39, 0.29) is 12.6 Å². The predicted octanol–water partition coefficient (Wildman–Crippen LogP) is 1.98. The molecule has 0 aliphatic carbocycles. The van der Waals surface area contributed by atoms with Crippen LogP contribution in [0.2, 0.25) is 0 Å². The van der Waals surface area contributed by atoms with Crippen LogP contribution < -0.4 is 5.32 Å². The van der Waals surface area contributed by atoms with Crippen molar-refractivity contribution < 1.29 is 14.3 Å². The Morgan fingerprint density at radius 3 is 2.59 bits per heavy atom. The Morgan fingerprint density at radius 1 is 1.29 bits per heavy atom. The molecular weight excluding hydrogens is 218 g/mol. The molecule has 0 saturated heterocycles. The van der Waals surface area contributed by atoms with Crippen molar-refractivity contribution in [1.82, 2.24) is 5.32 Å². The number of carbonyl (C=O) groups is 1. The highest BCUT2D eigenvalue weighted by Gasteiger charge is 2.06.